The Hall–Kier alpha value is -2.35. The van der Waals surface area contributed by atoms with E-state index in [0.717, 1.165) is 44.2 Å². The number of ether oxygens (including phenoxy) is 1. The lowest BCUT2D eigenvalue weighted by Gasteiger charge is -2.33. The lowest BCUT2D eigenvalue weighted by molar-refractivity contribution is -0.0240. The summed E-state index contributed by atoms with van der Waals surface area (Å²) in [4.78, 5) is 6.73. The zero-order valence-electron chi connectivity index (χ0n) is 13.1. The highest BCUT2D eigenvalue weighted by atomic mass is 16.5. The first-order valence-corrected chi connectivity index (χ1v) is 7.88. The van der Waals surface area contributed by atoms with Crippen molar-refractivity contribution >= 4 is 5.82 Å². The number of morpholine rings is 1. The van der Waals surface area contributed by atoms with Crippen LogP contribution in [0, 0.1) is 12.3 Å². The molecule has 1 aromatic carbocycles. The smallest absolute Gasteiger partial charge is 0.126 e. The molecule has 1 N–H and O–H groups in total. The second kappa shape index (κ2) is 7.77. The third kappa shape index (κ3) is 4.56. The molecule has 0 saturated carbocycles. The molecule has 1 saturated heterocycles. The number of nitrogens with one attached hydrogen (secondary N) is 1. The fourth-order valence-electron chi connectivity index (χ4n) is 2.69. The van der Waals surface area contributed by atoms with Gasteiger partial charge in [-0.05, 0) is 17.7 Å². The number of hydrogen-bond acceptors (Lipinski definition) is 4. The van der Waals surface area contributed by atoms with Gasteiger partial charge in [0.25, 0.3) is 0 Å². The lowest BCUT2D eigenvalue weighted by atomic mass is 10.2. The van der Waals surface area contributed by atoms with Crippen LogP contribution in [0.25, 0.3) is 0 Å². The lowest BCUT2D eigenvalue weighted by Crippen LogP contribution is -2.44. The van der Waals surface area contributed by atoms with Crippen LogP contribution in [0.15, 0.2) is 48.7 Å². The molecule has 1 aliphatic rings. The standard InChI is InChI=1S/C19H21N3O/c1-2-16-8-9-19(20-12-16)21-13-18-15-22(10-11-23-18)14-17-6-4-3-5-7-17/h1,3-9,12,18H,10-11,13-15H2,(H,20,21). The van der Waals surface area contributed by atoms with Gasteiger partial charge in [0.15, 0.2) is 0 Å². The molecule has 4 nitrogen and oxygen atoms in total. The van der Waals surface area contributed by atoms with Gasteiger partial charge in [-0.15, -0.1) is 6.42 Å². The van der Waals surface area contributed by atoms with Crippen molar-refractivity contribution in [2.24, 2.45) is 0 Å². The molecular weight excluding hydrogens is 286 g/mol. The highest BCUT2D eigenvalue weighted by molar-refractivity contribution is 5.40. The molecule has 0 amide bonds. The summed E-state index contributed by atoms with van der Waals surface area (Å²) in [6.07, 6.45) is 7.20. The van der Waals surface area contributed by atoms with E-state index in [9.17, 15) is 0 Å². The van der Waals surface area contributed by atoms with Gasteiger partial charge in [-0.3, -0.25) is 4.90 Å². The predicted molar refractivity (Wildman–Crippen MR) is 92.1 cm³/mol. The molecule has 23 heavy (non-hydrogen) atoms. The minimum atomic E-state index is 0.168. The largest absolute Gasteiger partial charge is 0.374 e. The third-order valence-corrected chi connectivity index (χ3v) is 3.91. The van der Waals surface area contributed by atoms with E-state index in [2.05, 4.69) is 45.4 Å². The molecule has 0 aliphatic carbocycles. The van der Waals surface area contributed by atoms with Gasteiger partial charge < -0.3 is 10.1 Å². The summed E-state index contributed by atoms with van der Waals surface area (Å²) < 4.78 is 5.85. The number of benzene rings is 1. The fraction of sp³-hybridized carbons (Fsp3) is 0.316. The quantitative estimate of drug-likeness (QED) is 0.861. The van der Waals surface area contributed by atoms with Crippen LogP contribution in [0.3, 0.4) is 0 Å². The van der Waals surface area contributed by atoms with Crippen LogP contribution >= 0.6 is 0 Å². The van der Waals surface area contributed by atoms with E-state index in [-0.39, 0.29) is 6.10 Å². The Labute approximate surface area is 137 Å². The number of nitrogens with zero attached hydrogens (tertiary/aromatic N) is 2. The summed E-state index contributed by atoms with van der Waals surface area (Å²) in [5, 5.41) is 3.32. The fourth-order valence-corrected chi connectivity index (χ4v) is 2.69. The minimum absolute atomic E-state index is 0.168. The zero-order chi connectivity index (χ0) is 15.9. The first-order chi connectivity index (χ1) is 11.3. The van der Waals surface area contributed by atoms with Gasteiger partial charge in [-0.1, -0.05) is 36.3 Å². The maximum absolute atomic E-state index is 5.85. The SMILES string of the molecule is C#Cc1ccc(NCC2CN(Cc3ccccc3)CCO2)nc1. The molecule has 0 bridgehead atoms. The van der Waals surface area contributed by atoms with Gasteiger partial charge in [0.2, 0.25) is 0 Å². The first kappa shape index (κ1) is 15.5. The monoisotopic (exact) mass is 307 g/mol. The van der Waals surface area contributed by atoms with E-state index >= 15 is 0 Å². The van der Waals surface area contributed by atoms with Gasteiger partial charge in [-0.25, -0.2) is 4.98 Å². The van der Waals surface area contributed by atoms with Crippen LogP contribution < -0.4 is 5.32 Å². The van der Waals surface area contributed by atoms with Crippen molar-refractivity contribution in [3.8, 4) is 12.3 Å². The van der Waals surface area contributed by atoms with Gasteiger partial charge >= 0.3 is 0 Å². The molecule has 0 spiro atoms. The zero-order valence-corrected chi connectivity index (χ0v) is 13.1. The summed E-state index contributed by atoms with van der Waals surface area (Å²) in [7, 11) is 0. The third-order valence-electron chi connectivity index (χ3n) is 3.91. The average molecular weight is 307 g/mol. The second-order valence-corrected chi connectivity index (χ2v) is 5.67. The summed E-state index contributed by atoms with van der Waals surface area (Å²) in [6.45, 7) is 4.37. The van der Waals surface area contributed by atoms with E-state index in [4.69, 9.17) is 11.2 Å². The highest BCUT2D eigenvalue weighted by Crippen LogP contribution is 2.11. The number of aromatic nitrogens is 1. The Balaban J connectivity index is 1.49. The second-order valence-electron chi connectivity index (χ2n) is 5.67. The Bertz CT molecular complexity index is 649. The van der Waals surface area contributed by atoms with Crippen LogP contribution in [0.5, 0.6) is 0 Å². The molecule has 3 rings (SSSR count). The molecule has 1 fully saturated rings. The molecule has 2 heterocycles. The molecule has 4 heteroatoms. The number of rotatable bonds is 5. The minimum Gasteiger partial charge on any atom is -0.374 e. The van der Waals surface area contributed by atoms with Crippen molar-refractivity contribution < 1.29 is 4.74 Å². The first-order valence-electron chi connectivity index (χ1n) is 7.88. The van der Waals surface area contributed by atoms with E-state index in [1.807, 2.05) is 18.2 Å². The number of pyridine rings is 1. The van der Waals surface area contributed by atoms with Crippen LogP contribution in [0.2, 0.25) is 0 Å². The molecule has 2 aromatic rings. The Morgan fingerprint density at radius 3 is 2.87 bits per heavy atom. The Kier molecular flexibility index (Phi) is 5.25. The predicted octanol–water partition coefficient (Wildman–Crippen LogP) is 2.38. The van der Waals surface area contributed by atoms with Crippen molar-refractivity contribution in [2.45, 2.75) is 12.6 Å². The van der Waals surface area contributed by atoms with E-state index in [1.54, 1.807) is 6.20 Å². The normalized spacial score (nSPS) is 18.3. The summed E-state index contributed by atoms with van der Waals surface area (Å²) in [5.41, 5.74) is 2.13. The molecule has 118 valence electrons. The van der Waals surface area contributed by atoms with Crippen molar-refractivity contribution in [2.75, 3.05) is 31.6 Å². The van der Waals surface area contributed by atoms with Crippen LogP contribution in [-0.4, -0.2) is 42.2 Å². The van der Waals surface area contributed by atoms with Crippen molar-refractivity contribution in [1.29, 1.82) is 0 Å². The van der Waals surface area contributed by atoms with E-state index in [0.29, 0.717) is 0 Å². The summed E-state index contributed by atoms with van der Waals surface area (Å²) in [5.74, 6) is 3.39. The van der Waals surface area contributed by atoms with Crippen molar-refractivity contribution in [3.63, 3.8) is 0 Å². The Morgan fingerprint density at radius 1 is 1.26 bits per heavy atom. The maximum Gasteiger partial charge on any atom is 0.126 e. The molecule has 1 aromatic heterocycles. The topological polar surface area (TPSA) is 37.4 Å². The van der Waals surface area contributed by atoms with Crippen LogP contribution in [0.4, 0.5) is 5.82 Å². The highest BCUT2D eigenvalue weighted by Gasteiger charge is 2.20. The van der Waals surface area contributed by atoms with Crippen molar-refractivity contribution in [3.05, 3.63) is 59.8 Å². The number of terminal acetylenes is 1. The van der Waals surface area contributed by atoms with Gasteiger partial charge in [0.05, 0.1) is 12.7 Å². The molecule has 1 aliphatic heterocycles. The average Bonchev–Trinajstić information content (AvgIpc) is 2.62. The van der Waals surface area contributed by atoms with Crippen LogP contribution in [-0.2, 0) is 11.3 Å². The van der Waals surface area contributed by atoms with Crippen molar-refractivity contribution in [1.82, 2.24) is 9.88 Å². The van der Waals surface area contributed by atoms with E-state index < -0.39 is 0 Å². The summed E-state index contributed by atoms with van der Waals surface area (Å²) in [6, 6.07) is 14.3. The molecule has 1 atom stereocenters. The molecule has 1 unspecified atom stereocenters. The maximum atomic E-state index is 5.85. The number of anilines is 1. The Morgan fingerprint density at radius 2 is 2.13 bits per heavy atom. The van der Waals surface area contributed by atoms with Crippen LogP contribution in [0.1, 0.15) is 11.1 Å². The van der Waals surface area contributed by atoms with Gasteiger partial charge in [0.1, 0.15) is 5.82 Å². The number of hydrogen-bond donors (Lipinski definition) is 1. The molecular formula is C19H21N3O. The summed E-state index contributed by atoms with van der Waals surface area (Å²) >= 11 is 0. The molecule has 0 radical (unpaired) electrons. The van der Waals surface area contributed by atoms with Gasteiger partial charge in [-0.2, -0.15) is 0 Å². The van der Waals surface area contributed by atoms with E-state index in [1.165, 1.54) is 5.56 Å². The van der Waals surface area contributed by atoms with Gasteiger partial charge in [0, 0.05) is 37.9 Å².